The summed E-state index contributed by atoms with van der Waals surface area (Å²) in [6, 6.07) is 7.79. The van der Waals surface area contributed by atoms with E-state index in [0.29, 0.717) is 13.0 Å². The Bertz CT molecular complexity index is 430. The Balaban J connectivity index is 1.79. The first-order valence-corrected chi connectivity index (χ1v) is 7.05. The summed E-state index contributed by atoms with van der Waals surface area (Å²) < 4.78 is 0.992. The van der Waals surface area contributed by atoms with Gasteiger partial charge in [0.05, 0.1) is 6.42 Å². The SMILES string of the molecule is O=C(Cc1cccc(Br)c1)NCC1(CCO)CC1. The van der Waals surface area contributed by atoms with E-state index < -0.39 is 0 Å². The van der Waals surface area contributed by atoms with Gasteiger partial charge in [-0.05, 0) is 42.4 Å². The lowest BCUT2D eigenvalue weighted by Crippen LogP contribution is -2.31. The molecule has 1 aliphatic carbocycles. The molecule has 1 aromatic rings. The van der Waals surface area contributed by atoms with Gasteiger partial charge in [-0.25, -0.2) is 0 Å². The zero-order valence-corrected chi connectivity index (χ0v) is 11.9. The fraction of sp³-hybridized carbons (Fsp3) is 0.500. The summed E-state index contributed by atoms with van der Waals surface area (Å²) in [5.41, 5.74) is 1.19. The number of rotatable bonds is 6. The van der Waals surface area contributed by atoms with E-state index in [4.69, 9.17) is 5.11 Å². The van der Waals surface area contributed by atoms with E-state index in [1.54, 1.807) is 0 Å². The number of aliphatic hydroxyl groups excluding tert-OH is 1. The maximum Gasteiger partial charge on any atom is 0.224 e. The van der Waals surface area contributed by atoms with Gasteiger partial charge in [0.2, 0.25) is 5.91 Å². The van der Waals surface area contributed by atoms with E-state index in [2.05, 4.69) is 21.2 Å². The summed E-state index contributed by atoms with van der Waals surface area (Å²) in [7, 11) is 0. The van der Waals surface area contributed by atoms with Crippen LogP contribution in [-0.2, 0) is 11.2 Å². The number of amides is 1. The van der Waals surface area contributed by atoms with Crippen LogP contribution in [0.1, 0.15) is 24.8 Å². The average molecular weight is 312 g/mol. The summed E-state index contributed by atoms with van der Waals surface area (Å²) >= 11 is 3.39. The fourth-order valence-corrected chi connectivity index (χ4v) is 2.56. The predicted molar refractivity (Wildman–Crippen MR) is 74.2 cm³/mol. The van der Waals surface area contributed by atoms with Crippen molar-refractivity contribution < 1.29 is 9.90 Å². The molecule has 1 amide bonds. The molecule has 2 rings (SSSR count). The molecule has 18 heavy (non-hydrogen) atoms. The van der Waals surface area contributed by atoms with Crippen molar-refractivity contribution in [3.05, 3.63) is 34.3 Å². The highest BCUT2D eigenvalue weighted by Crippen LogP contribution is 2.47. The Kier molecular flexibility index (Phi) is 4.40. The third kappa shape index (κ3) is 3.82. The average Bonchev–Trinajstić information content (AvgIpc) is 3.08. The van der Waals surface area contributed by atoms with Crippen LogP contribution < -0.4 is 5.32 Å². The summed E-state index contributed by atoms with van der Waals surface area (Å²) in [4.78, 5) is 11.8. The minimum atomic E-state index is 0.0531. The van der Waals surface area contributed by atoms with E-state index in [9.17, 15) is 4.79 Å². The first-order valence-electron chi connectivity index (χ1n) is 6.26. The molecular weight excluding hydrogens is 294 g/mol. The van der Waals surface area contributed by atoms with Gasteiger partial charge in [0.15, 0.2) is 0 Å². The molecule has 0 atom stereocenters. The van der Waals surface area contributed by atoms with Crippen LogP contribution in [0.2, 0.25) is 0 Å². The van der Waals surface area contributed by atoms with Crippen LogP contribution in [-0.4, -0.2) is 24.2 Å². The van der Waals surface area contributed by atoms with Gasteiger partial charge in [0.1, 0.15) is 0 Å². The summed E-state index contributed by atoms with van der Waals surface area (Å²) in [6.45, 7) is 0.905. The van der Waals surface area contributed by atoms with Gasteiger partial charge in [-0.2, -0.15) is 0 Å². The molecule has 4 heteroatoms. The van der Waals surface area contributed by atoms with E-state index in [0.717, 1.165) is 29.3 Å². The molecule has 0 heterocycles. The number of hydrogen-bond acceptors (Lipinski definition) is 2. The molecule has 1 saturated carbocycles. The first kappa shape index (κ1) is 13.6. The second-order valence-electron chi connectivity index (χ2n) is 5.06. The van der Waals surface area contributed by atoms with Crippen LogP contribution in [0.5, 0.6) is 0 Å². The second kappa shape index (κ2) is 5.85. The highest BCUT2D eigenvalue weighted by molar-refractivity contribution is 9.10. The van der Waals surface area contributed by atoms with Gasteiger partial charge in [0.25, 0.3) is 0 Å². The van der Waals surface area contributed by atoms with Crippen LogP contribution in [0.25, 0.3) is 0 Å². The molecule has 98 valence electrons. The van der Waals surface area contributed by atoms with E-state index >= 15 is 0 Å². The number of benzene rings is 1. The highest BCUT2D eigenvalue weighted by Gasteiger charge is 2.41. The minimum Gasteiger partial charge on any atom is -0.396 e. The smallest absolute Gasteiger partial charge is 0.224 e. The number of hydrogen-bond donors (Lipinski definition) is 2. The lowest BCUT2D eigenvalue weighted by Gasteiger charge is -2.14. The van der Waals surface area contributed by atoms with E-state index in [1.165, 1.54) is 0 Å². The van der Waals surface area contributed by atoms with Crippen molar-refractivity contribution in [2.75, 3.05) is 13.2 Å². The molecule has 1 fully saturated rings. The Labute approximate surface area is 116 Å². The fourth-order valence-electron chi connectivity index (χ4n) is 2.11. The van der Waals surface area contributed by atoms with Crippen LogP contribution in [0.15, 0.2) is 28.7 Å². The van der Waals surface area contributed by atoms with Gasteiger partial charge in [0, 0.05) is 17.6 Å². The van der Waals surface area contributed by atoms with Crippen molar-refractivity contribution in [2.24, 2.45) is 5.41 Å². The van der Waals surface area contributed by atoms with Gasteiger partial charge >= 0.3 is 0 Å². The topological polar surface area (TPSA) is 49.3 Å². The Morgan fingerprint density at radius 2 is 2.22 bits per heavy atom. The van der Waals surface area contributed by atoms with Crippen molar-refractivity contribution in [1.29, 1.82) is 0 Å². The second-order valence-corrected chi connectivity index (χ2v) is 5.97. The number of carbonyl (C=O) groups is 1. The number of halogens is 1. The standard InChI is InChI=1S/C14H18BrNO2/c15-12-3-1-2-11(8-12)9-13(18)16-10-14(4-5-14)6-7-17/h1-3,8,17H,4-7,9-10H2,(H,16,18). The van der Waals surface area contributed by atoms with Gasteiger partial charge in [-0.15, -0.1) is 0 Å². The van der Waals surface area contributed by atoms with Crippen molar-refractivity contribution in [1.82, 2.24) is 5.32 Å². The zero-order chi connectivity index (χ0) is 13.0. The molecule has 1 aliphatic rings. The maximum absolute atomic E-state index is 11.8. The van der Waals surface area contributed by atoms with Gasteiger partial charge < -0.3 is 10.4 Å². The van der Waals surface area contributed by atoms with Crippen molar-refractivity contribution in [3.8, 4) is 0 Å². The quantitative estimate of drug-likeness (QED) is 0.846. The molecule has 0 saturated heterocycles. The normalized spacial score (nSPS) is 16.3. The van der Waals surface area contributed by atoms with Crippen molar-refractivity contribution in [3.63, 3.8) is 0 Å². The molecule has 2 N–H and O–H groups in total. The Hall–Kier alpha value is -0.870. The molecule has 1 aromatic carbocycles. The van der Waals surface area contributed by atoms with Crippen molar-refractivity contribution in [2.45, 2.75) is 25.7 Å². The number of carbonyl (C=O) groups excluding carboxylic acids is 1. The largest absolute Gasteiger partial charge is 0.396 e. The van der Waals surface area contributed by atoms with Crippen molar-refractivity contribution >= 4 is 21.8 Å². The monoisotopic (exact) mass is 311 g/mol. The molecule has 0 bridgehead atoms. The molecular formula is C14H18BrNO2. The summed E-state index contributed by atoms with van der Waals surface area (Å²) in [5, 5.41) is 11.9. The maximum atomic E-state index is 11.8. The lowest BCUT2D eigenvalue weighted by atomic mass is 10.0. The van der Waals surface area contributed by atoms with Crippen LogP contribution >= 0.6 is 15.9 Å². The molecule has 0 aromatic heterocycles. The van der Waals surface area contributed by atoms with E-state index in [-0.39, 0.29) is 17.9 Å². The van der Waals surface area contributed by atoms with E-state index in [1.807, 2.05) is 24.3 Å². The molecule has 0 spiro atoms. The number of aliphatic hydroxyl groups is 1. The van der Waals surface area contributed by atoms with Gasteiger partial charge in [-0.1, -0.05) is 28.1 Å². The Morgan fingerprint density at radius 3 is 2.83 bits per heavy atom. The van der Waals surface area contributed by atoms with Crippen LogP contribution in [0.4, 0.5) is 0 Å². The van der Waals surface area contributed by atoms with Crippen LogP contribution in [0.3, 0.4) is 0 Å². The third-order valence-electron chi connectivity index (χ3n) is 3.51. The summed E-state index contributed by atoms with van der Waals surface area (Å²) in [6.07, 6.45) is 3.44. The minimum absolute atomic E-state index is 0.0531. The third-order valence-corrected chi connectivity index (χ3v) is 4.01. The lowest BCUT2D eigenvalue weighted by molar-refractivity contribution is -0.120. The molecule has 0 aliphatic heterocycles. The van der Waals surface area contributed by atoms with Crippen LogP contribution in [0, 0.1) is 5.41 Å². The van der Waals surface area contributed by atoms with Gasteiger partial charge in [-0.3, -0.25) is 4.79 Å². The first-order chi connectivity index (χ1) is 8.63. The zero-order valence-electron chi connectivity index (χ0n) is 10.3. The molecule has 3 nitrogen and oxygen atoms in total. The Morgan fingerprint density at radius 1 is 1.44 bits per heavy atom. The molecule has 0 unspecified atom stereocenters. The summed E-state index contributed by atoms with van der Waals surface area (Å²) in [5.74, 6) is 0.0531. The predicted octanol–water partition coefficient (Wildman–Crippen LogP) is 2.27. The molecule has 0 radical (unpaired) electrons. The number of nitrogens with one attached hydrogen (secondary N) is 1. The highest BCUT2D eigenvalue weighted by atomic mass is 79.9.